The number of hydrogen-bond donors (Lipinski definition) is 2. The SMILES string of the molecule is COc1ccccc1N1C[C@@H](C(=O)NCCNC(=O)C2CCCCC2)CC1=O. The van der Waals surface area contributed by atoms with Crippen molar-refractivity contribution in [3.05, 3.63) is 24.3 Å². The van der Waals surface area contributed by atoms with E-state index in [4.69, 9.17) is 4.74 Å². The van der Waals surface area contributed by atoms with Crippen molar-refractivity contribution in [1.29, 1.82) is 0 Å². The monoisotopic (exact) mass is 387 g/mol. The molecule has 3 amide bonds. The van der Waals surface area contributed by atoms with Gasteiger partial charge in [-0.3, -0.25) is 14.4 Å². The van der Waals surface area contributed by atoms with Gasteiger partial charge < -0.3 is 20.3 Å². The highest BCUT2D eigenvalue weighted by atomic mass is 16.5. The van der Waals surface area contributed by atoms with Crippen LogP contribution in [0.15, 0.2) is 24.3 Å². The maximum Gasteiger partial charge on any atom is 0.227 e. The summed E-state index contributed by atoms with van der Waals surface area (Å²) >= 11 is 0. The van der Waals surface area contributed by atoms with Gasteiger partial charge in [-0.05, 0) is 25.0 Å². The average Bonchev–Trinajstić information content (AvgIpc) is 3.13. The molecule has 0 radical (unpaired) electrons. The van der Waals surface area contributed by atoms with Crippen LogP contribution in [-0.2, 0) is 14.4 Å². The number of nitrogens with one attached hydrogen (secondary N) is 2. The van der Waals surface area contributed by atoms with E-state index in [1.807, 2.05) is 18.2 Å². The van der Waals surface area contributed by atoms with E-state index in [2.05, 4.69) is 10.6 Å². The third kappa shape index (κ3) is 4.82. The molecule has 0 aromatic heterocycles. The van der Waals surface area contributed by atoms with Gasteiger partial charge >= 0.3 is 0 Å². The molecule has 0 bridgehead atoms. The number of nitrogens with zero attached hydrogens (tertiary/aromatic N) is 1. The Morgan fingerprint density at radius 2 is 1.68 bits per heavy atom. The maximum atomic E-state index is 12.4. The quantitative estimate of drug-likeness (QED) is 0.699. The second-order valence-corrected chi connectivity index (χ2v) is 7.49. The number of anilines is 1. The molecule has 28 heavy (non-hydrogen) atoms. The molecule has 0 unspecified atom stereocenters. The number of benzene rings is 1. The molecule has 0 spiro atoms. The van der Waals surface area contributed by atoms with Gasteiger partial charge in [0.1, 0.15) is 5.75 Å². The van der Waals surface area contributed by atoms with Crippen LogP contribution in [-0.4, -0.2) is 44.5 Å². The summed E-state index contributed by atoms with van der Waals surface area (Å²) in [6.07, 6.45) is 5.55. The molecule has 3 rings (SSSR count). The molecule has 152 valence electrons. The summed E-state index contributed by atoms with van der Waals surface area (Å²) in [7, 11) is 1.56. The van der Waals surface area contributed by atoms with Gasteiger partial charge in [0.2, 0.25) is 17.7 Å². The van der Waals surface area contributed by atoms with E-state index in [9.17, 15) is 14.4 Å². The lowest BCUT2D eigenvalue weighted by atomic mass is 9.89. The second kappa shape index (κ2) is 9.57. The van der Waals surface area contributed by atoms with Gasteiger partial charge in [-0.25, -0.2) is 0 Å². The Morgan fingerprint density at radius 3 is 2.36 bits per heavy atom. The van der Waals surface area contributed by atoms with Crippen LogP contribution >= 0.6 is 0 Å². The molecule has 7 heteroatoms. The maximum absolute atomic E-state index is 12.4. The summed E-state index contributed by atoms with van der Waals surface area (Å²) in [6.45, 7) is 1.12. The molecule has 2 fully saturated rings. The first-order chi connectivity index (χ1) is 13.6. The molecule has 1 aliphatic carbocycles. The van der Waals surface area contributed by atoms with Crippen LogP contribution in [0.5, 0.6) is 5.75 Å². The molecular formula is C21H29N3O4. The lowest BCUT2D eigenvalue weighted by Crippen LogP contribution is -2.40. The van der Waals surface area contributed by atoms with Crippen molar-refractivity contribution in [2.24, 2.45) is 11.8 Å². The van der Waals surface area contributed by atoms with E-state index in [0.717, 1.165) is 25.7 Å². The lowest BCUT2D eigenvalue weighted by molar-refractivity contribution is -0.127. The van der Waals surface area contributed by atoms with Gasteiger partial charge in [0.15, 0.2) is 0 Å². The molecule has 1 aromatic rings. The summed E-state index contributed by atoms with van der Waals surface area (Å²) < 4.78 is 5.32. The normalized spacial score (nSPS) is 20.1. The van der Waals surface area contributed by atoms with Crippen molar-refractivity contribution in [2.75, 3.05) is 31.6 Å². The predicted molar refractivity (Wildman–Crippen MR) is 106 cm³/mol. The van der Waals surface area contributed by atoms with Gasteiger partial charge in [-0.15, -0.1) is 0 Å². The summed E-state index contributed by atoms with van der Waals surface area (Å²) in [6, 6.07) is 7.30. The van der Waals surface area contributed by atoms with E-state index in [-0.39, 0.29) is 30.1 Å². The van der Waals surface area contributed by atoms with Crippen molar-refractivity contribution in [2.45, 2.75) is 38.5 Å². The highest BCUT2D eigenvalue weighted by Gasteiger charge is 2.36. The number of rotatable bonds is 7. The average molecular weight is 387 g/mol. The number of carbonyl (C=O) groups is 3. The number of para-hydroxylation sites is 2. The molecule has 1 saturated heterocycles. The molecule has 1 aliphatic heterocycles. The van der Waals surface area contributed by atoms with Crippen LogP contribution in [0.2, 0.25) is 0 Å². The smallest absolute Gasteiger partial charge is 0.227 e. The van der Waals surface area contributed by atoms with Crippen molar-refractivity contribution in [3.63, 3.8) is 0 Å². The number of amides is 3. The van der Waals surface area contributed by atoms with Crippen LogP contribution in [0.25, 0.3) is 0 Å². The molecule has 1 heterocycles. The fraction of sp³-hybridized carbons (Fsp3) is 0.571. The molecule has 1 aromatic carbocycles. The van der Waals surface area contributed by atoms with Crippen LogP contribution in [0.3, 0.4) is 0 Å². The summed E-state index contributed by atoms with van der Waals surface area (Å²) in [4.78, 5) is 38.5. The number of hydrogen-bond acceptors (Lipinski definition) is 4. The zero-order valence-corrected chi connectivity index (χ0v) is 16.4. The first kappa shape index (κ1) is 20.2. The van der Waals surface area contributed by atoms with Gasteiger partial charge in [0, 0.05) is 32.0 Å². The van der Waals surface area contributed by atoms with E-state index < -0.39 is 5.92 Å². The van der Waals surface area contributed by atoms with Gasteiger partial charge in [-0.1, -0.05) is 31.4 Å². The van der Waals surface area contributed by atoms with Crippen molar-refractivity contribution < 1.29 is 19.1 Å². The fourth-order valence-corrected chi connectivity index (χ4v) is 3.99. The Labute approximate surface area is 165 Å². The molecule has 7 nitrogen and oxygen atoms in total. The van der Waals surface area contributed by atoms with E-state index in [0.29, 0.717) is 31.1 Å². The Balaban J connectivity index is 1.44. The zero-order valence-electron chi connectivity index (χ0n) is 16.4. The Kier molecular flexibility index (Phi) is 6.90. The van der Waals surface area contributed by atoms with Gasteiger partial charge in [-0.2, -0.15) is 0 Å². The molecule has 2 aliphatic rings. The first-order valence-corrected chi connectivity index (χ1v) is 10.1. The molecular weight excluding hydrogens is 358 g/mol. The van der Waals surface area contributed by atoms with Crippen molar-refractivity contribution in [3.8, 4) is 5.75 Å². The Morgan fingerprint density at radius 1 is 1.04 bits per heavy atom. The summed E-state index contributed by atoms with van der Waals surface area (Å²) in [5.74, 6) is 0.181. The van der Waals surface area contributed by atoms with Crippen molar-refractivity contribution >= 4 is 23.4 Å². The second-order valence-electron chi connectivity index (χ2n) is 7.49. The fourth-order valence-electron chi connectivity index (χ4n) is 3.99. The third-order valence-electron chi connectivity index (χ3n) is 5.57. The molecule has 1 saturated carbocycles. The van der Waals surface area contributed by atoms with E-state index >= 15 is 0 Å². The standard InChI is InChI=1S/C21H29N3O4/c1-28-18-10-6-5-9-17(18)24-14-16(13-19(24)25)21(27)23-12-11-22-20(26)15-7-3-2-4-8-15/h5-6,9-10,15-16H,2-4,7-8,11-14H2,1H3,(H,22,26)(H,23,27)/t16-/m0/s1. The lowest BCUT2D eigenvalue weighted by Gasteiger charge is -2.21. The highest BCUT2D eigenvalue weighted by molar-refractivity contribution is 6.01. The van der Waals surface area contributed by atoms with Crippen LogP contribution in [0, 0.1) is 11.8 Å². The zero-order chi connectivity index (χ0) is 19.9. The minimum atomic E-state index is -0.397. The molecule has 1 atom stereocenters. The van der Waals surface area contributed by atoms with Crippen molar-refractivity contribution in [1.82, 2.24) is 10.6 Å². The Bertz CT molecular complexity index is 715. The number of methoxy groups -OCH3 is 1. The van der Waals surface area contributed by atoms with E-state index in [1.54, 1.807) is 18.1 Å². The largest absolute Gasteiger partial charge is 0.495 e. The van der Waals surface area contributed by atoms with Crippen LogP contribution < -0.4 is 20.3 Å². The number of carbonyl (C=O) groups excluding carboxylic acids is 3. The van der Waals surface area contributed by atoms with Gasteiger partial charge in [0.05, 0.1) is 18.7 Å². The summed E-state index contributed by atoms with van der Waals surface area (Å²) in [5, 5.41) is 5.75. The Hall–Kier alpha value is -2.57. The number of ether oxygens (including phenoxy) is 1. The summed E-state index contributed by atoms with van der Waals surface area (Å²) in [5.41, 5.74) is 0.685. The van der Waals surface area contributed by atoms with Crippen LogP contribution in [0.4, 0.5) is 5.69 Å². The highest BCUT2D eigenvalue weighted by Crippen LogP contribution is 2.32. The third-order valence-corrected chi connectivity index (χ3v) is 5.57. The first-order valence-electron chi connectivity index (χ1n) is 10.1. The minimum absolute atomic E-state index is 0.0877. The topological polar surface area (TPSA) is 87.7 Å². The molecule has 2 N–H and O–H groups in total. The predicted octanol–water partition coefficient (Wildman–Crippen LogP) is 1.86. The van der Waals surface area contributed by atoms with Crippen LogP contribution in [0.1, 0.15) is 38.5 Å². The minimum Gasteiger partial charge on any atom is -0.495 e. The van der Waals surface area contributed by atoms with Gasteiger partial charge in [0.25, 0.3) is 0 Å². The van der Waals surface area contributed by atoms with E-state index in [1.165, 1.54) is 6.42 Å².